The molecule has 0 heterocycles. The normalized spacial score (nSPS) is 10.1. The number of nitro benzene ring substituents is 1. The quantitative estimate of drug-likeness (QED) is 0.470. The van der Waals surface area contributed by atoms with E-state index in [0.717, 1.165) is 12.1 Å². The fourth-order valence-corrected chi connectivity index (χ4v) is 1.45. The zero-order chi connectivity index (χ0) is 13.5. The Morgan fingerprint density at radius 1 is 1.61 bits per heavy atom. The average Bonchev–Trinajstić information content (AvgIpc) is 2.33. The maximum absolute atomic E-state index is 10.8. The van der Waals surface area contributed by atoms with Crippen molar-refractivity contribution in [1.82, 2.24) is 5.32 Å². The van der Waals surface area contributed by atoms with Crippen molar-refractivity contribution in [3.8, 4) is 5.75 Å². The molecule has 0 saturated carbocycles. The number of ether oxygens (including phenoxy) is 1. The van der Waals surface area contributed by atoms with E-state index in [2.05, 4.69) is 11.9 Å². The van der Waals surface area contributed by atoms with Crippen LogP contribution in [0, 0.1) is 10.1 Å². The second kappa shape index (κ2) is 6.98. The van der Waals surface area contributed by atoms with Gasteiger partial charge >= 0.3 is 5.69 Å². The molecule has 98 valence electrons. The lowest BCUT2D eigenvalue weighted by atomic mass is 10.3. The fraction of sp³-hybridized carbons (Fsp3) is 0.333. The van der Waals surface area contributed by atoms with Gasteiger partial charge in [-0.2, -0.15) is 0 Å². The Labute approximate surface area is 111 Å². The molecule has 5 nitrogen and oxygen atoms in total. The molecule has 0 radical (unpaired) electrons. The maximum Gasteiger partial charge on any atom is 0.311 e. The van der Waals surface area contributed by atoms with Crippen LogP contribution >= 0.6 is 11.6 Å². The van der Waals surface area contributed by atoms with Gasteiger partial charge in [0.25, 0.3) is 0 Å². The van der Waals surface area contributed by atoms with Crippen molar-refractivity contribution < 1.29 is 9.66 Å². The maximum atomic E-state index is 10.8. The van der Waals surface area contributed by atoms with Crippen LogP contribution < -0.4 is 10.1 Å². The zero-order valence-electron chi connectivity index (χ0n) is 10.1. The van der Waals surface area contributed by atoms with Crippen LogP contribution in [0.3, 0.4) is 0 Å². The first kappa shape index (κ1) is 14.5. The molecule has 0 saturated heterocycles. The van der Waals surface area contributed by atoms with Gasteiger partial charge in [-0.25, -0.2) is 0 Å². The average molecular weight is 271 g/mol. The van der Waals surface area contributed by atoms with Crippen molar-refractivity contribution in [3.63, 3.8) is 0 Å². The number of nitrogens with one attached hydrogen (secondary N) is 1. The predicted octanol–water partition coefficient (Wildman–Crippen LogP) is 2.79. The lowest BCUT2D eigenvalue weighted by molar-refractivity contribution is -0.385. The molecule has 1 aromatic carbocycles. The van der Waals surface area contributed by atoms with Gasteiger partial charge in [-0.05, 0) is 18.2 Å². The summed E-state index contributed by atoms with van der Waals surface area (Å²) in [6, 6.07) is 4.21. The van der Waals surface area contributed by atoms with Crippen LogP contribution in [0.2, 0.25) is 5.02 Å². The summed E-state index contributed by atoms with van der Waals surface area (Å²) in [5.74, 6) is 0.158. The summed E-state index contributed by atoms with van der Waals surface area (Å²) in [4.78, 5) is 10.3. The van der Waals surface area contributed by atoms with Gasteiger partial charge in [0.1, 0.15) is 6.61 Å². The van der Waals surface area contributed by atoms with Crippen LogP contribution in [0.5, 0.6) is 5.75 Å². The lowest BCUT2D eigenvalue weighted by Gasteiger charge is -2.09. The van der Waals surface area contributed by atoms with Gasteiger partial charge in [0, 0.05) is 23.7 Å². The van der Waals surface area contributed by atoms with E-state index in [1.165, 1.54) is 18.2 Å². The molecule has 0 spiro atoms. The molecule has 0 bridgehead atoms. The van der Waals surface area contributed by atoms with Crippen molar-refractivity contribution in [2.75, 3.05) is 19.7 Å². The monoisotopic (exact) mass is 270 g/mol. The molecule has 0 atom stereocenters. The molecule has 18 heavy (non-hydrogen) atoms. The standard InChI is InChI=1S/C12H15ClN2O3/c1-3-14-7-9(2)8-18-12-6-10(13)4-5-11(12)15(16)17/h4-6,14H,2-3,7-8H2,1H3. The van der Waals surface area contributed by atoms with E-state index in [0.29, 0.717) is 11.6 Å². The first-order chi connectivity index (χ1) is 8.54. The highest BCUT2D eigenvalue weighted by Crippen LogP contribution is 2.30. The van der Waals surface area contributed by atoms with E-state index in [9.17, 15) is 10.1 Å². The van der Waals surface area contributed by atoms with E-state index in [4.69, 9.17) is 16.3 Å². The minimum atomic E-state index is -0.501. The fourth-order valence-electron chi connectivity index (χ4n) is 1.29. The Morgan fingerprint density at radius 2 is 2.33 bits per heavy atom. The summed E-state index contributed by atoms with van der Waals surface area (Å²) < 4.78 is 5.37. The number of benzene rings is 1. The number of rotatable bonds is 7. The molecular weight excluding hydrogens is 256 g/mol. The first-order valence-electron chi connectivity index (χ1n) is 5.48. The lowest BCUT2D eigenvalue weighted by Crippen LogP contribution is -2.19. The van der Waals surface area contributed by atoms with Crippen LogP contribution in [-0.4, -0.2) is 24.6 Å². The molecule has 1 N–H and O–H groups in total. The highest BCUT2D eigenvalue weighted by Gasteiger charge is 2.15. The molecule has 1 aromatic rings. The van der Waals surface area contributed by atoms with E-state index in [1.54, 1.807) is 0 Å². The minimum absolute atomic E-state index is 0.101. The Hall–Kier alpha value is -1.59. The third-order valence-electron chi connectivity index (χ3n) is 2.18. The largest absolute Gasteiger partial charge is 0.482 e. The minimum Gasteiger partial charge on any atom is -0.482 e. The number of likely N-dealkylation sites (N-methyl/N-ethyl adjacent to an activating group) is 1. The predicted molar refractivity (Wildman–Crippen MR) is 71.3 cm³/mol. The first-order valence-corrected chi connectivity index (χ1v) is 5.86. The van der Waals surface area contributed by atoms with Crippen LogP contribution in [-0.2, 0) is 0 Å². The molecule has 0 unspecified atom stereocenters. The molecule has 0 fully saturated rings. The second-order valence-corrected chi connectivity index (χ2v) is 4.12. The summed E-state index contributed by atoms with van der Waals surface area (Å²) in [5.41, 5.74) is 0.710. The third kappa shape index (κ3) is 4.35. The smallest absolute Gasteiger partial charge is 0.311 e. The molecule has 0 aliphatic rings. The van der Waals surface area contributed by atoms with Crippen LogP contribution in [0.4, 0.5) is 5.69 Å². The SMILES string of the molecule is C=C(CNCC)COc1cc(Cl)ccc1[N+](=O)[O-]. The van der Waals surface area contributed by atoms with Crippen LogP contribution in [0.25, 0.3) is 0 Å². The van der Waals surface area contributed by atoms with Crippen molar-refractivity contribution in [2.24, 2.45) is 0 Å². The Kier molecular flexibility index (Phi) is 5.61. The number of halogens is 1. The van der Waals surface area contributed by atoms with Crippen molar-refractivity contribution >= 4 is 17.3 Å². The summed E-state index contributed by atoms with van der Waals surface area (Å²) in [7, 11) is 0. The van der Waals surface area contributed by atoms with E-state index in [1.807, 2.05) is 6.92 Å². The molecular formula is C12H15ClN2O3. The molecule has 6 heteroatoms. The van der Waals surface area contributed by atoms with Crippen LogP contribution in [0.15, 0.2) is 30.4 Å². The summed E-state index contributed by atoms with van der Waals surface area (Å²) in [5, 5.41) is 14.3. The number of nitrogens with zero attached hydrogens (tertiary/aromatic N) is 1. The zero-order valence-corrected chi connectivity index (χ0v) is 10.9. The Balaban J connectivity index is 2.68. The summed E-state index contributed by atoms with van der Waals surface area (Å²) >= 11 is 5.78. The third-order valence-corrected chi connectivity index (χ3v) is 2.41. The van der Waals surface area contributed by atoms with Gasteiger partial charge in [-0.15, -0.1) is 0 Å². The number of hydrogen-bond acceptors (Lipinski definition) is 4. The highest BCUT2D eigenvalue weighted by atomic mass is 35.5. The van der Waals surface area contributed by atoms with E-state index >= 15 is 0 Å². The number of hydrogen-bond donors (Lipinski definition) is 1. The van der Waals surface area contributed by atoms with Crippen molar-refractivity contribution in [2.45, 2.75) is 6.92 Å². The molecule has 1 rings (SSSR count). The Morgan fingerprint density at radius 3 is 2.94 bits per heavy atom. The van der Waals surface area contributed by atoms with E-state index < -0.39 is 4.92 Å². The van der Waals surface area contributed by atoms with Crippen molar-refractivity contribution in [1.29, 1.82) is 0 Å². The molecule has 0 aromatic heterocycles. The van der Waals surface area contributed by atoms with Crippen molar-refractivity contribution in [3.05, 3.63) is 45.5 Å². The van der Waals surface area contributed by atoms with Gasteiger partial charge in [-0.1, -0.05) is 25.1 Å². The van der Waals surface area contributed by atoms with Gasteiger partial charge in [-0.3, -0.25) is 10.1 Å². The molecule has 0 aliphatic heterocycles. The summed E-state index contributed by atoms with van der Waals surface area (Å²) in [6.07, 6.45) is 0. The topological polar surface area (TPSA) is 64.4 Å². The van der Waals surface area contributed by atoms with Gasteiger partial charge in [0.05, 0.1) is 4.92 Å². The van der Waals surface area contributed by atoms with Gasteiger partial charge < -0.3 is 10.1 Å². The molecule has 0 aliphatic carbocycles. The summed E-state index contributed by atoms with van der Waals surface area (Å²) in [6.45, 7) is 7.46. The van der Waals surface area contributed by atoms with E-state index in [-0.39, 0.29) is 18.0 Å². The Bertz CT molecular complexity index is 449. The van der Waals surface area contributed by atoms with Crippen LogP contribution in [0.1, 0.15) is 6.92 Å². The highest BCUT2D eigenvalue weighted by molar-refractivity contribution is 6.30. The molecule has 0 amide bonds. The second-order valence-electron chi connectivity index (χ2n) is 3.69. The van der Waals surface area contributed by atoms with Gasteiger partial charge in [0.2, 0.25) is 0 Å². The number of nitro groups is 1. The van der Waals surface area contributed by atoms with Gasteiger partial charge in [0.15, 0.2) is 5.75 Å².